The summed E-state index contributed by atoms with van der Waals surface area (Å²) in [6, 6.07) is 8.37. The molecule has 8 heteroatoms. The topological polar surface area (TPSA) is 89.3 Å². The molecule has 6 nitrogen and oxygen atoms in total. The van der Waals surface area contributed by atoms with E-state index >= 15 is 0 Å². The second kappa shape index (κ2) is 6.28. The van der Waals surface area contributed by atoms with E-state index in [4.69, 9.17) is 16.1 Å². The molecule has 0 unspecified atom stereocenters. The van der Waals surface area contributed by atoms with Crippen LogP contribution in [-0.2, 0) is 9.84 Å². The van der Waals surface area contributed by atoms with E-state index in [1.54, 1.807) is 24.3 Å². The molecule has 1 amide bonds. The van der Waals surface area contributed by atoms with Gasteiger partial charge in [-0.05, 0) is 24.3 Å². The second-order valence-electron chi connectivity index (χ2n) is 4.47. The molecule has 0 saturated heterocycles. The predicted octanol–water partition coefficient (Wildman–Crippen LogP) is 1.77. The van der Waals surface area contributed by atoms with Crippen LogP contribution in [0.15, 0.2) is 34.9 Å². The summed E-state index contributed by atoms with van der Waals surface area (Å²) in [7, 11) is -3.11. The standard InChI is InChI=1S/C13H13ClN2O4S/c1-21(18,19)7-6-15-13(17)11-8-12(20-16-11)9-2-4-10(14)5-3-9/h2-5,8H,6-7H2,1H3,(H,15,17). The summed E-state index contributed by atoms with van der Waals surface area (Å²) >= 11 is 5.79. The van der Waals surface area contributed by atoms with Crippen molar-refractivity contribution in [1.82, 2.24) is 10.5 Å². The average molecular weight is 329 g/mol. The normalized spacial score (nSPS) is 11.3. The summed E-state index contributed by atoms with van der Waals surface area (Å²) in [6.07, 6.45) is 1.11. The van der Waals surface area contributed by atoms with Gasteiger partial charge in [0, 0.05) is 29.5 Å². The SMILES string of the molecule is CS(=O)(=O)CCNC(=O)c1cc(-c2ccc(Cl)cc2)on1. The first kappa shape index (κ1) is 15.5. The second-order valence-corrected chi connectivity index (χ2v) is 7.17. The van der Waals surface area contributed by atoms with Gasteiger partial charge >= 0.3 is 0 Å². The molecule has 1 heterocycles. The van der Waals surface area contributed by atoms with Gasteiger partial charge in [-0.1, -0.05) is 16.8 Å². The van der Waals surface area contributed by atoms with Gasteiger partial charge in [-0.2, -0.15) is 0 Å². The van der Waals surface area contributed by atoms with Crippen LogP contribution >= 0.6 is 11.6 Å². The molecule has 1 N–H and O–H groups in total. The van der Waals surface area contributed by atoms with Crippen molar-refractivity contribution in [3.63, 3.8) is 0 Å². The van der Waals surface area contributed by atoms with Crippen LogP contribution in [0.25, 0.3) is 11.3 Å². The van der Waals surface area contributed by atoms with Crippen LogP contribution < -0.4 is 5.32 Å². The Morgan fingerprint density at radius 1 is 1.33 bits per heavy atom. The van der Waals surface area contributed by atoms with Crippen molar-refractivity contribution in [1.29, 1.82) is 0 Å². The van der Waals surface area contributed by atoms with Gasteiger partial charge in [0.2, 0.25) is 0 Å². The maximum Gasteiger partial charge on any atom is 0.273 e. The summed E-state index contributed by atoms with van der Waals surface area (Å²) in [5, 5.41) is 6.72. The summed E-state index contributed by atoms with van der Waals surface area (Å²) in [5.41, 5.74) is 0.829. The van der Waals surface area contributed by atoms with Crippen LogP contribution in [0, 0.1) is 0 Å². The Hall–Kier alpha value is -1.86. The molecule has 0 atom stereocenters. The quantitative estimate of drug-likeness (QED) is 0.903. The zero-order valence-corrected chi connectivity index (χ0v) is 12.7. The highest BCUT2D eigenvalue weighted by molar-refractivity contribution is 7.90. The van der Waals surface area contributed by atoms with E-state index < -0.39 is 15.7 Å². The van der Waals surface area contributed by atoms with Crippen LogP contribution in [0.3, 0.4) is 0 Å². The van der Waals surface area contributed by atoms with Crippen molar-refractivity contribution in [2.45, 2.75) is 0 Å². The smallest absolute Gasteiger partial charge is 0.273 e. The number of carbonyl (C=O) groups excluding carboxylic acids is 1. The van der Waals surface area contributed by atoms with Crippen molar-refractivity contribution in [3.05, 3.63) is 41.0 Å². The summed E-state index contributed by atoms with van der Waals surface area (Å²) < 4.78 is 27.0. The van der Waals surface area contributed by atoms with Crippen LogP contribution in [-0.4, -0.2) is 38.0 Å². The van der Waals surface area contributed by atoms with Gasteiger partial charge in [0.1, 0.15) is 9.84 Å². The Balaban J connectivity index is 2.02. The molecule has 0 fully saturated rings. The van der Waals surface area contributed by atoms with E-state index in [0.29, 0.717) is 10.8 Å². The number of carbonyl (C=O) groups is 1. The molecule has 0 aliphatic rings. The Morgan fingerprint density at radius 3 is 2.62 bits per heavy atom. The average Bonchev–Trinajstić information content (AvgIpc) is 2.87. The minimum Gasteiger partial charge on any atom is -0.355 e. The Bertz CT molecular complexity index is 738. The van der Waals surface area contributed by atoms with Gasteiger partial charge in [-0.25, -0.2) is 8.42 Å². The lowest BCUT2D eigenvalue weighted by atomic mass is 10.1. The number of hydrogen-bond acceptors (Lipinski definition) is 5. The van der Waals surface area contributed by atoms with E-state index in [9.17, 15) is 13.2 Å². The maximum atomic E-state index is 11.8. The van der Waals surface area contributed by atoms with E-state index in [2.05, 4.69) is 10.5 Å². The van der Waals surface area contributed by atoms with E-state index in [0.717, 1.165) is 11.8 Å². The highest BCUT2D eigenvalue weighted by Crippen LogP contribution is 2.22. The highest BCUT2D eigenvalue weighted by atomic mass is 35.5. The lowest BCUT2D eigenvalue weighted by Gasteiger charge is -2.00. The molecule has 0 spiro atoms. The Kier molecular flexibility index (Phi) is 4.64. The molecule has 2 aromatic rings. The van der Waals surface area contributed by atoms with Crippen LogP contribution in [0.4, 0.5) is 0 Å². The van der Waals surface area contributed by atoms with Crippen molar-refractivity contribution in [2.75, 3.05) is 18.6 Å². The first-order chi connectivity index (χ1) is 9.85. The van der Waals surface area contributed by atoms with E-state index in [-0.39, 0.29) is 18.0 Å². The fourth-order valence-electron chi connectivity index (χ4n) is 1.57. The third kappa shape index (κ3) is 4.57. The Morgan fingerprint density at radius 2 is 2.00 bits per heavy atom. The number of benzene rings is 1. The number of nitrogens with zero attached hydrogens (tertiary/aromatic N) is 1. The molecule has 0 radical (unpaired) electrons. The van der Waals surface area contributed by atoms with E-state index in [1.807, 2.05) is 0 Å². The molecule has 0 bridgehead atoms. The summed E-state index contributed by atoms with van der Waals surface area (Å²) in [4.78, 5) is 11.8. The van der Waals surface area contributed by atoms with Gasteiger partial charge in [0.25, 0.3) is 5.91 Å². The van der Waals surface area contributed by atoms with Crippen LogP contribution in [0.1, 0.15) is 10.5 Å². The van der Waals surface area contributed by atoms with E-state index in [1.165, 1.54) is 6.07 Å². The number of rotatable bonds is 5. The van der Waals surface area contributed by atoms with Crippen molar-refractivity contribution < 1.29 is 17.7 Å². The van der Waals surface area contributed by atoms with Gasteiger partial charge in [-0.3, -0.25) is 4.79 Å². The third-order valence-electron chi connectivity index (χ3n) is 2.63. The number of halogens is 1. The molecule has 1 aromatic heterocycles. The van der Waals surface area contributed by atoms with Crippen molar-refractivity contribution in [2.24, 2.45) is 0 Å². The molecule has 0 aliphatic carbocycles. The minimum absolute atomic E-state index is 0.0286. The first-order valence-corrected chi connectivity index (χ1v) is 8.47. The van der Waals surface area contributed by atoms with Crippen LogP contribution in [0.5, 0.6) is 0 Å². The summed E-state index contributed by atoms with van der Waals surface area (Å²) in [6.45, 7) is 0.0286. The summed E-state index contributed by atoms with van der Waals surface area (Å²) in [5.74, 6) is -0.178. The molecule has 112 valence electrons. The molecule has 2 rings (SSSR count). The monoisotopic (exact) mass is 328 g/mol. The fourth-order valence-corrected chi connectivity index (χ4v) is 2.17. The molecule has 0 aliphatic heterocycles. The zero-order valence-electron chi connectivity index (χ0n) is 11.2. The number of amides is 1. The highest BCUT2D eigenvalue weighted by Gasteiger charge is 2.14. The maximum absolute atomic E-state index is 11.8. The van der Waals surface area contributed by atoms with Crippen molar-refractivity contribution >= 4 is 27.3 Å². The molecule has 1 aromatic carbocycles. The molecule has 0 saturated carbocycles. The number of sulfone groups is 1. The first-order valence-electron chi connectivity index (χ1n) is 6.04. The lowest BCUT2D eigenvalue weighted by molar-refractivity contribution is 0.0947. The molecular weight excluding hydrogens is 316 g/mol. The van der Waals surface area contributed by atoms with Crippen molar-refractivity contribution in [3.8, 4) is 11.3 Å². The number of hydrogen-bond donors (Lipinski definition) is 1. The third-order valence-corrected chi connectivity index (χ3v) is 3.83. The van der Waals surface area contributed by atoms with Gasteiger partial charge in [0.15, 0.2) is 11.5 Å². The van der Waals surface area contributed by atoms with Crippen LogP contribution in [0.2, 0.25) is 5.02 Å². The minimum atomic E-state index is -3.11. The van der Waals surface area contributed by atoms with Gasteiger partial charge < -0.3 is 9.84 Å². The van der Waals surface area contributed by atoms with Gasteiger partial charge in [-0.15, -0.1) is 0 Å². The fraction of sp³-hybridized carbons (Fsp3) is 0.231. The molecular formula is C13H13ClN2O4S. The lowest BCUT2D eigenvalue weighted by Crippen LogP contribution is -2.28. The Labute approximate surface area is 127 Å². The van der Waals surface area contributed by atoms with Gasteiger partial charge in [0.05, 0.1) is 5.75 Å². The molecule has 21 heavy (non-hydrogen) atoms. The zero-order chi connectivity index (χ0) is 15.5. The number of nitrogens with one attached hydrogen (secondary N) is 1. The number of aromatic nitrogens is 1. The predicted molar refractivity (Wildman–Crippen MR) is 79.0 cm³/mol. The largest absolute Gasteiger partial charge is 0.355 e.